The number of hydrogen-bond acceptors (Lipinski definition) is 7. The molecule has 218 valence electrons. The lowest BCUT2D eigenvalue weighted by molar-refractivity contribution is 0.0675. The van der Waals surface area contributed by atoms with Crippen LogP contribution in [0.15, 0.2) is 87.3 Å². The van der Waals surface area contributed by atoms with E-state index in [1.807, 2.05) is 24.3 Å². The Morgan fingerprint density at radius 1 is 0.881 bits per heavy atom. The van der Waals surface area contributed by atoms with Gasteiger partial charge in [0.15, 0.2) is 0 Å². The molecule has 0 bridgehead atoms. The molecule has 0 unspecified atom stereocenters. The average molecular weight is 589 g/mol. The maximum Gasteiger partial charge on any atom is 0.214 e. The maximum absolute atomic E-state index is 13.6. The molecule has 9 nitrogen and oxygen atoms in total. The van der Waals surface area contributed by atoms with Crippen molar-refractivity contribution < 1.29 is 9.60 Å². The van der Waals surface area contributed by atoms with Crippen molar-refractivity contribution in [3.63, 3.8) is 0 Å². The topological polar surface area (TPSA) is 98.5 Å². The number of fused-ring (bicyclic) bond motifs is 1. The summed E-state index contributed by atoms with van der Waals surface area (Å²) < 4.78 is 14.7. The number of aromatic amines is 1. The molecule has 3 aromatic carbocycles. The van der Waals surface area contributed by atoms with Gasteiger partial charge in [0.1, 0.15) is 16.5 Å². The molecule has 0 saturated carbocycles. The highest BCUT2D eigenvalue weighted by molar-refractivity contribution is 7.99. The lowest BCUT2D eigenvalue weighted by Gasteiger charge is -2.36. The van der Waals surface area contributed by atoms with Crippen molar-refractivity contribution in [3.8, 4) is 0 Å². The highest BCUT2D eigenvalue weighted by Crippen LogP contribution is 2.19. The fourth-order valence-corrected chi connectivity index (χ4v) is 6.33. The van der Waals surface area contributed by atoms with Crippen LogP contribution < -0.4 is 21.1 Å². The fraction of sp³-hybridized carbons (Fsp3) is 0.290. The van der Waals surface area contributed by atoms with Gasteiger partial charge in [0.05, 0.1) is 0 Å². The van der Waals surface area contributed by atoms with Crippen LogP contribution in [0.25, 0.3) is 10.8 Å². The maximum atomic E-state index is 13.6. The van der Waals surface area contributed by atoms with Gasteiger partial charge >= 0.3 is 0 Å². The van der Waals surface area contributed by atoms with Crippen molar-refractivity contribution in [3.05, 3.63) is 110 Å². The van der Waals surface area contributed by atoms with E-state index in [1.165, 1.54) is 21.7 Å². The standard InChI is InChI=1S/C31H33FN6O3S/c32-22-7-10-24(11-8-22)36-18-16-35(17-19-36)14-4-15-37-29-28(34-38(37)41)30(39)26-12-9-23(21-27(26)31(29)40)33-13-20-42-25-5-2-1-3-6-25/h1-3,5-12,21,33-34,41H,4,13-20H2. The molecule has 0 atom stereocenters. The molecule has 42 heavy (non-hydrogen) atoms. The molecule has 0 radical (unpaired) electrons. The van der Waals surface area contributed by atoms with Gasteiger partial charge in [0.25, 0.3) is 0 Å². The SMILES string of the molecule is O=c1c2[nH]n(O)n(CCCN3CCN(c4ccc(F)cc4)CC3)c=2c(=O)c2cc(NCCSc3ccccc3)ccc12. The van der Waals surface area contributed by atoms with Crippen LogP contribution >= 0.6 is 11.8 Å². The Morgan fingerprint density at radius 3 is 2.40 bits per heavy atom. The van der Waals surface area contributed by atoms with Gasteiger partial charge in [-0.3, -0.25) is 14.5 Å². The number of anilines is 2. The Balaban J connectivity index is 1.12. The van der Waals surface area contributed by atoms with Gasteiger partial charge < -0.3 is 15.4 Å². The van der Waals surface area contributed by atoms with Crippen molar-refractivity contribution in [2.45, 2.75) is 17.9 Å². The molecule has 0 aromatic heterocycles. The summed E-state index contributed by atoms with van der Waals surface area (Å²) in [5.41, 5.74) is 1.17. The number of rotatable bonds is 10. The van der Waals surface area contributed by atoms with E-state index in [1.54, 1.807) is 36.0 Å². The number of aromatic nitrogens is 3. The Bertz CT molecular complexity index is 1850. The smallest absolute Gasteiger partial charge is 0.214 e. The highest BCUT2D eigenvalue weighted by atomic mass is 32.2. The van der Waals surface area contributed by atoms with Gasteiger partial charge in [0, 0.05) is 78.6 Å². The molecule has 2 heterocycles. The first-order chi connectivity index (χ1) is 20.5. The van der Waals surface area contributed by atoms with Gasteiger partial charge in [0.2, 0.25) is 10.9 Å². The minimum atomic E-state index is -0.316. The molecule has 11 heteroatoms. The third-order valence-electron chi connectivity index (χ3n) is 7.74. The number of halogens is 1. The quantitative estimate of drug-likeness (QED) is 0.129. The summed E-state index contributed by atoms with van der Waals surface area (Å²) in [6, 6.07) is 21.9. The molecule has 3 aliphatic rings. The predicted molar refractivity (Wildman–Crippen MR) is 165 cm³/mol. The molecule has 1 aliphatic carbocycles. The molecular weight excluding hydrogens is 555 g/mol. The monoisotopic (exact) mass is 588 g/mol. The zero-order valence-corrected chi connectivity index (χ0v) is 23.9. The lowest BCUT2D eigenvalue weighted by Crippen LogP contribution is -2.46. The number of hydrogen-bond donors (Lipinski definition) is 3. The van der Waals surface area contributed by atoms with Crippen molar-refractivity contribution in [2.75, 3.05) is 55.2 Å². The third-order valence-corrected chi connectivity index (χ3v) is 8.75. The van der Waals surface area contributed by atoms with E-state index in [9.17, 15) is 19.2 Å². The number of benzene rings is 3. The second kappa shape index (κ2) is 12.3. The van der Waals surface area contributed by atoms with Gasteiger partial charge in [-0.15, -0.1) is 11.8 Å². The van der Waals surface area contributed by atoms with Gasteiger partial charge in [-0.2, -0.15) is 0 Å². The third kappa shape index (κ3) is 5.88. The highest BCUT2D eigenvalue weighted by Gasteiger charge is 2.19. The Labute approximate surface area is 245 Å². The van der Waals surface area contributed by atoms with Crippen LogP contribution in [0.1, 0.15) is 6.42 Å². The number of thioether (sulfide) groups is 1. The molecule has 2 aliphatic heterocycles. The van der Waals surface area contributed by atoms with Gasteiger partial charge in [-0.05, 0) is 61.0 Å². The fourth-order valence-electron chi connectivity index (χ4n) is 5.54. The normalized spacial score (nSPS) is 14.2. The molecule has 0 amide bonds. The molecule has 3 N–H and O–H groups in total. The summed E-state index contributed by atoms with van der Waals surface area (Å²) in [4.78, 5) is 33.4. The van der Waals surface area contributed by atoms with E-state index < -0.39 is 0 Å². The van der Waals surface area contributed by atoms with Crippen molar-refractivity contribution >= 4 is 33.9 Å². The summed E-state index contributed by atoms with van der Waals surface area (Å²) >= 11 is 1.74. The summed E-state index contributed by atoms with van der Waals surface area (Å²) in [6.07, 6.45) is 0.682. The van der Waals surface area contributed by atoms with Gasteiger partial charge in [-0.25, -0.2) is 14.2 Å². The van der Waals surface area contributed by atoms with E-state index >= 15 is 0 Å². The number of piperazine rings is 1. The van der Waals surface area contributed by atoms with Gasteiger partial charge in [-0.1, -0.05) is 23.2 Å². The second-order valence-corrected chi connectivity index (χ2v) is 11.6. The molecule has 0 spiro atoms. The number of H-pyrrole nitrogens is 1. The van der Waals surface area contributed by atoms with Crippen LogP contribution in [0.3, 0.4) is 0 Å². The lowest BCUT2D eigenvalue weighted by atomic mass is 10.1. The Kier molecular flexibility index (Phi) is 8.20. The summed E-state index contributed by atoms with van der Waals surface area (Å²) in [5, 5.41) is 17.5. The largest absolute Gasteiger partial charge is 0.399 e. The van der Waals surface area contributed by atoms with E-state index in [-0.39, 0.29) is 27.4 Å². The molecule has 3 aromatic rings. The van der Waals surface area contributed by atoms with E-state index in [0.717, 1.165) is 54.8 Å². The van der Waals surface area contributed by atoms with Crippen molar-refractivity contribution in [1.82, 2.24) is 19.6 Å². The molecule has 1 fully saturated rings. The van der Waals surface area contributed by atoms with Crippen LogP contribution in [0.2, 0.25) is 0 Å². The summed E-state index contributed by atoms with van der Waals surface area (Å²) in [6.45, 7) is 5.23. The van der Waals surface area contributed by atoms with Crippen LogP contribution in [0.5, 0.6) is 0 Å². The van der Waals surface area contributed by atoms with E-state index in [0.29, 0.717) is 30.3 Å². The number of nitrogens with one attached hydrogen (secondary N) is 2. The minimum absolute atomic E-state index is 0.0999. The van der Waals surface area contributed by atoms with Crippen LogP contribution in [0, 0.1) is 16.5 Å². The summed E-state index contributed by atoms with van der Waals surface area (Å²) in [7, 11) is 0. The Hall–Kier alpha value is -4.22. The second-order valence-electron chi connectivity index (χ2n) is 10.4. The molecule has 1 saturated heterocycles. The number of nitrogens with zero attached hydrogens (tertiary/aromatic N) is 4. The molecule has 6 rings (SSSR count). The Morgan fingerprint density at radius 2 is 1.64 bits per heavy atom. The van der Waals surface area contributed by atoms with Crippen LogP contribution in [-0.2, 0) is 6.54 Å². The zero-order chi connectivity index (χ0) is 29.1. The van der Waals surface area contributed by atoms with Crippen LogP contribution in [0.4, 0.5) is 15.8 Å². The summed E-state index contributed by atoms with van der Waals surface area (Å²) in [5.74, 6) is 0.610. The van der Waals surface area contributed by atoms with E-state index in [4.69, 9.17) is 0 Å². The predicted octanol–water partition coefficient (Wildman–Crippen LogP) is 4.01. The van der Waals surface area contributed by atoms with E-state index in [2.05, 4.69) is 32.3 Å². The first kappa shape index (κ1) is 27.9. The first-order valence-corrected chi connectivity index (χ1v) is 15.1. The average Bonchev–Trinajstić information content (AvgIpc) is 3.35. The van der Waals surface area contributed by atoms with Crippen molar-refractivity contribution in [2.24, 2.45) is 0 Å². The minimum Gasteiger partial charge on any atom is -0.399 e. The zero-order valence-electron chi connectivity index (χ0n) is 23.1. The molecular formula is C31H33FN6O3S. The first-order valence-electron chi connectivity index (χ1n) is 14.1. The van der Waals surface area contributed by atoms with Crippen LogP contribution in [-0.4, -0.2) is 69.9 Å². The van der Waals surface area contributed by atoms with Crippen molar-refractivity contribution in [1.29, 1.82) is 0 Å².